The van der Waals surface area contributed by atoms with Gasteiger partial charge in [-0.25, -0.2) is 0 Å². The Balaban J connectivity index is 1.59. The number of benzene rings is 2. The van der Waals surface area contributed by atoms with Crippen LogP contribution in [0.2, 0.25) is 0 Å². The molecule has 2 aromatic rings. The summed E-state index contributed by atoms with van der Waals surface area (Å²) in [4.78, 5) is 16.0. The summed E-state index contributed by atoms with van der Waals surface area (Å²) in [5, 5.41) is 0. The van der Waals surface area contributed by atoms with E-state index in [0.29, 0.717) is 5.78 Å². The van der Waals surface area contributed by atoms with Crippen LogP contribution in [0.15, 0.2) is 48.5 Å². The van der Waals surface area contributed by atoms with E-state index in [9.17, 15) is 4.79 Å². The molecule has 2 aliphatic rings. The van der Waals surface area contributed by atoms with E-state index in [1.807, 2.05) is 18.2 Å². The van der Waals surface area contributed by atoms with Gasteiger partial charge in [0.1, 0.15) is 5.75 Å². The predicted molar refractivity (Wildman–Crippen MR) is 104 cm³/mol. The first-order valence-corrected chi connectivity index (χ1v) is 9.74. The minimum Gasteiger partial charge on any atom is -0.497 e. The fourth-order valence-electron chi connectivity index (χ4n) is 4.70. The summed E-state index contributed by atoms with van der Waals surface area (Å²) in [7, 11) is 1.68. The van der Waals surface area contributed by atoms with Gasteiger partial charge in [-0.2, -0.15) is 0 Å². The molecule has 1 aliphatic carbocycles. The first-order valence-electron chi connectivity index (χ1n) is 9.74. The Hall–Kier alpha value is -2.13. The number of likely N-dealkylation sites (tertiary alicyclic amines) is 1. The summed E-state index contributed by atoms with van der Waals surface area (Å²) in [6, 6.07) is 16.5. The van der Waals surface area contributed by atoms with E-state index < -0.39 is 0 Å². The van der Waals surface area contributed by atoms with Crippen molar-refractivity contribution in [1.82, 2.24) is 4.90 Å². The fraction of sp³-hybridized carbons (Fsp3) is 0.435. The van der Waals surface area contributed by atoms with Gasteiger partial charge in [0.15, 0.2) is 5.78 Å². The van der Waals surface area contributed by atoms with E-state index >= 15 is 0 Å². The maximum Gasteiger partial charge on any atom is 0.183 e. The van der Waals surface area contributed by atoms with Crippen molar-refractivity contribution in [2.75, 3.05) is 20.2 Å². The molecule has 1 fully saturated rings. The molecule has 3 nitrogen and oxygen atoms in total. The SMILES string of the molecule is COc1ccc2c(c1)CCC1(CCCCN1CCc1ccccc1)C2=O. The van der Waals surface area contributed by atoms with Gasteiger partial charge in [0.05, 0.1) is 12.6 Å². The molecule has 26 heavy (non-hydrogen) atoms. The zero-order chi connectivity index (χ0) is 18.0. The van der Waals surface area contributed by atoms with Crippen LogP contribution < -0.4 is 4.74 Å². The molecule has 4 rings (SSSR count). The molecule has 3 heteroatoms. The number of nitrogens with zero attached hydrogens (tertiary/aromatic N) is 1. The molecule has 0 amide bonds. The lowest BCUT2D eigenvalue weighted by Gasteiger charge is -2.48. The number of hydrogen-bond acceptors (Lipinski definition) is 3. The number of aryl methyl sites for hydroxylation is 1. The molecule has 1 saturated heterocycles. The topological polar surface area (TPSA) is 29.5 Å². The minimum absolute atomic E-state index is 0.297. The van der Waals surface area contributed by atoms with Crippen molar-refractivity contribution in [3.8, 4) is 5.75 Å². The molecule has 1 unspecified atom stereocenters. The summed E-state index contributed by atoms with van der Waals surface area (Å²) in [6.45, 7) is 1.99. The quantitative estimate of drug-likeness (QED) is 0.825. The zero-order valence-corrected chi connectivity index (χ0v) is 15.5. The Morgan fingerprint density at radius 2 is 1.92 bits per heavy atom. The maximum atomic E-state index is 13.5. The smallest absolute Gasteiger partial charge is 0.183 e. The number of Topliss-reactive ketones (excluding diaryl/α,β-unsaturated/α-hetero) is 1. The number of carbonyl (C=O) groups is 1. The van der Waals surface area contributed by atoms with Gasteiger partial charge < -0.3 is 4.74 Å². The van der Waals surface area contributed by atoms with Crippen molar-refractivity contribution in [3.05, 3.63) is 65.2 Å². The van der Waals surface area contributed by atoms with E-state index in [4.69, 9.17) is 4.74 Å². The van der Waals surface area contributed by atoms with Crippen LogP contribution in [-0.4, -0.2) is 36.4 Å². The Morgan fingerprint density at radius 3 is 2.73 bits per heavy atom. The number of ether oxygens (including phenoxy) is 1. The molecule has 1 aliphatic heterocycles. The van der Waals surface area contributed by atoms with Crippen molar-refractivity contribution >= 4 is 5.78 Å². The van der Waals surface area contributed by atoms with E-state index in [-0.39, 0.29) is 5.54 Å². The van der Waals surface area contributed by atoms with Gasteiger partial charge in [-0.05, 0) is 74.4 Å². The van der Waals surface area contributed by atoms with Gasteiger partial charge in [0.25, 0.3) is 0 Å². The lowest BCUT2D eigenvalue weighted by Crippen LogP contribution is -2.59. The predicted octanol–water partition coefficient (Wildman–Crippen LogP) is 4.29. The van der Waals surface area contributed by atoms with Gasteiger partial charge in [0, 0.05) is 12.1 Å². The van der Waals surface area contributed by atoms with Gasteiger partial charge >= 0.3 is 0 Å². The monoisotopic (exact) mass is 349 g/mol. The maximum absolute atomic E-state index is 13.5. The van der Waals surface area contributed by atoms with Crippen molar-refractivity contribution in [3.63, 3.8) is 0 Å². The highest BCUT2D eigenvalue weighted by Crippen LogP contribution is 2.40. The lowest BCUT2D eigenvalue weighted by molar-refractivity contribution is 0.0298. The average Bonchev–Trinajstić information content (AvgIpc) is 2.70. The number of piperidine rings is 1. The average molecular weight is 349 g/mol. The third kappa shape index (κ3) is 3.05. The Bertz CT molecular complexity index is 786. The minimum atomic E-state index is -0.297. The summed E-state index contributed by atoms with van der Waals surface area (Å²) in [5.74, 6) is 1.17. The van der Waals surface area contributed by atoms with Crippen LogP contribution in [0.5, 0.6) is 5.75 Å². The van der Waals surface area contributed by atoms with Crippen LogP contribution in [0.1, 0.15) is 47.2 Å². The number of hydrogen-bond donors (Lipinski definition) is 0. The highest BCUT2D eigenvalue weighted by atomic mass is 16.5. The highest BCUT2D eigenvalue weighted by Gasteiger charge is 2.47. The zero-order valence-electron chi connectivity index (χ0n) is 15.5. The van der Waals surface area contributed by atoms with E-state index in [0.717, 1.165) is 62.1 Å². The van der Waals surface area contributed by atoms with Crippen molar-refractivity contribution in [1.29, 1.82) is 0 Å². The molecule has 0 saturated carbocycles. The highest BCUT2D eigenvalue weighted by molar-refractivity contribution is 6.05. The number of carbonyl (C=O) groups excluding carboxylic acids is 1. The molecule has 1 spiro atoms. The molecule has 2 aromatic carbocycles. The molecule has 1 atom stereocenters. The Morgan fingerprint density at radius 1 is 1.08 bits per heavy atom. The van der Waals surface area contributed by atoms with E-state index in [1.165, 1.54) is 12.0 Å². The second-order valence-electron chi connectivity index (χ2n) is 7.56. The summed E-state index contributed by atoms with van der Waals surface area (Å²) in [6.07, 6.45) is 6.23. The number of methoxy groups -OCH3 is 1. The second-order valence-corrected chi connectivity index (χ2v) is 7.56. The molecule has 136 valence electrons. The van der Waals surface area contributed by atoms with Crippen molar-refractivity contribution < 1.29 is 9.53 Å². The van der Waals surface area contributed by atoms with Crippen LogP contribution in [0.4, 0.5) is 0 Å². The number of fused-ring (bicyclic) bond motifs is 1. The normalized spacial score (nSPS) is 23.0. The van der Waals surface area contributed by atoms with Crippen LogP contribution >= 0.6 is 0 Å². The van der Waals surface area contributed by atoms with E-state index in [2.05, 4.69) is 35.2 Å². The molecule has 0 radical (unpaired) electrons. The van der Waals surface area contributed by atoms with Gasteiger partial charge in [0.2, 0.25) is 0 Å². The molecule has 0 bridgehead atoms. The fourth-order valence-corrected chi connectivity index (χ4v) is 4.70. The Kier molecular flexibility index (Phi) is 4.82. The number of rotatable bonds is 4. The largest absolute Gasteiger partial charge is 0.497 e. The molecule has 1 heterocycles. The van der Waals surface area contributed by atoms with E-state index in [1.54, 1.807) is 7.11 Å². The first kappa shape index (κ1) is 17.3. The van der Waals surface area contributed by atoms with Crippen LogP contribution in [0.3, 0.4) is 0 Å². The summed E-state index contributed by atoms with van der Waals surface area (Å²) in [5.41, 5.74) is 3.10. The summed E-state index contributed by atoms with van der Waals surface area (Å²) >= 11 is 0. The van der Waals surface area contributed by atoms with Crippen molar-refractivity contribution in [2.45, 2.75) is 44.1 Å². The van der Waals surface area contributed by atoms with Crippen LogP contribution in [0, 0.1) is 0 Å². The van der Waals surface area contributed by atoms with Crippen LogP contribution in [-0.2, 0) is 12.8 Å². The standard InChI is InChI=1S/C23H27NO2/c1-26-20-9-10-21-19(17-20)11-14-23(22(21)25)13-5-6-15-24(23)16-12-18-7-3-2-4-8-18/h2-4,7-10,17H,5-6,11-16H2,1H3. The van der Waals surface area contributed by atoms with Crippen LogP contribution in [0.25, 0.3) is 0 Å². The third-order valence-corrected chi connectivity index (χ3v) is 6.17. The second kappa shape index (κ2) is 7.24. The molecule has 0 N–H and O–H groups in total. The lowest BCUT2D eigenvalue weighted by atomic mass is 9.71. The van der Waals surface area contributed by atoms with Gasteiger partial charge in [-0.15, -0.1) is 0 Å². The van der Waals surface area contributed by atoms with Crippen molar-refractivity contribution in [2.24, 2.45) is 0 Å². The summed E-state index contributed by atoms with van der Waals surface area (Å²) < 4.78 is 5.34. The molecular weight excluding hydrogens is 322 g/mol. The number of ketones is 1. The first-order chi connectivity index (χ1) is 12.7. The molecular formula is C23H27NO2. The van der Waals surface area contributed by atoms with Gasteiger partial charge in [-0.1, -0.05) is 30.3 Å². The Labute approximate surface area is 156 Å². The van der Waals surface area contributed by atoms with Gasteiger partial charge in [-0.3, -0.25) is 9.69 Å². The third-order valence-electron chi connectivity index (χ3n) is 6.17. The molecule has 0 aromatic heterocycles.